The molecule has 0 aliphatic rings. The SMILES string of the molecule is CCN(CC)c1ccc(/C=C(/C#N)C(=O)N[C@@H](C)c2ccccc2)cc1Br. The van der Waals surface area contributed by atoms with Crippen molar-refractivity contribution in [2.75, 3.05) is 18.0 Å². The maximum absolute atomic E-state index is 12.5. The summed E-state index contributed by atoms with van der Waals surface area (Å²) in [6.45, 7) is 7.93. The van der Waals surface area contributed by atoms with Crippen LogP contribution in [-0.4, -0.2) is 19.0 Å². The normalized spacial score (nSPS) is 12.2. The summed E-state index contributed by atoms with van der Waals surface area (Å²) in [5.74, 6) is -0.377. The number of benzene rings is 2. The molecule has 5 heteroatoms. The van der Waals surface area contributed by atoms with Gasteiger partial charge in [0.25, 0.3) is 5.91 Å². The lowest BCUT2D eigenvalue weighted by molar-refractivity contribution is -0.117. The number of anilines is 1. The fourth-order valence-electron chi connectivity index (χ4n) is 2.85. The molecule has 0 aromatic heterocycles. The van der Waals surface area contributed by atoms with E-state index in [-0.39, 0.29) is 17.5 Å². The molecule has 0 fully saturated rings. The summed E-state index contributed by atoms with van der Waals surface area (Å²) in [6, 6.07) is 17.4. The van der Waals surface area contributed by atoms with Gasteiger partial charge in [0.05, 0.1) is 11.7 Å². The number of nitrogens with zero attached hydrogens (tertiary/aromatic N) is 2. The van der Waals surface area contributed by atoms with E-state index >= 15 is 0 Å². The number of nitriles is 1. The van der Waals surface area contributed by atoms with E-state index < -0.39 is 0 Å². The smallest absolute Gasteiger partial charge is 0.262 e. The Kier molecular flexibility index (Phi) is 7.63. The lowest BCUT2D eigenvalue weighted by Gasteiger charge is -2.22. The van der Waals surface area contributed by atoms with E-state index in [0.717, 1.165) is 34.4 Å². The van der Waals surface area contributed by atoms with Crippen LogP contribution < -0.4 is 10.2 Å². The largest absolute Gasteiger partial charge is 0.371 e. The van der Waals surface area contributed by atoms with E-state index in [9.17, 15) is 10.1 Å². The topological polar surface area (TPSA) is 56.1 Å². The van der Waals surface area contributed by atoms with Crippen molar-refractivity contribution in [3.63, 3.8) is 0 Å². The Balaban J connectivity index is 2.19. The van der Waals surface area contributed by atoms with Crippen LogP contribution >= 0.6 is 15.9 Å². The Bertz CT molecular complexity index is 852. The zero-order valence-electron chi connectivity index (χ0n) is 15.9. The van der Waals surface area contributed by atoms with Crippen LogP contribution in [0.1, 0.15) is 37.9 Å². The molecule has 4 nitrogen and oxygen atoms in total. The Morgan fingerprint density at radius 1 is 1.22 bits per heavy atom. The van der Waals surface area contributed by atoms with Crippen LogP contribution in [0.4, 0.5) is 5.69 Å². The van der Waals surface area contributed by atoms with Crippen molar-refractivity contribution in [2.24, 2.45) is 0 Å². The summed E-state index contributed by atoms with van der Waals surface area (Å²) < 4.78 is 0.940. The first-order valence-electron chi connectivity index (χ1n) is 9.02. The number of carbonyl (C=O) groups is 1. The molecule has 2 aromatic rings. The lowest BCUT2D eigenvalue weighted by atomic mass is 10.1. The molecule has 1 atom stereocenters. The third kappa shape index (κ3) is 5.45. The van der Waals surface area contributed by atoms with Gasteiger partial charge < -0.3 is 10.2 Å². The van der Waals surface area contributed by atoms with Gasteiger partial charge in [-0.2, -0.15) is 5.26 Å². The summed E-state index contributed by atoms with van der Waals surface area (Å²) in [5, 5.41) is 12.3. The molecule has 0 bridgehead atoms. The maximum atomic E-state index is 12.5. The quantitative estimate of drug-likeness (QED) is 0.496. The van der Waals surface area contributed by atoms with E-state index in [0.29, 0.717) is 0 Å². The first-order valence-corrected chi connectivity index (χ1v) is 9.81. The molecule has 1 amide bonds. The van der Waals surface area contributed by atoms with Crippen LogP contribution in [0.15, 0.2) is 58.6 Å². The summed E-state index contributed by atoms with van der Waals surface area (Å²) in [6.07, 6.45) is 1.61. The van der Waals surface area contributed by atoms with Crippen molar-refractivity contribution < 1.29 is 4.79 Å². The highest BCUT2D eigenvalue weighted by Crippen LogP contribution is 2.28. The van der Waals surface area contributed by atoms with Gasteiger partial charge in [-0.25, -0.2) is 0 Å². The summed E-state index contributed by atoms with van der Waals surface area (Å²) in [4.78, 5) is 14.7. The number of nitrogens with one attached hydrogen (secondary N) is 1. The number of halogens is 1. The number of hydrogen-bond acceptors (Lipinski definition) is 3. The molecule has 0 radical (unpaired) electrons. The number of hydrogen-bond donors (Lipinski definition) is 1. The molecule has 140 valence electrons. The van der Waals surface area contributed by atoms with Crippen molar-refractivity contribution in [2.45, 2.75) is 26.8 Å². The molecular weight excluding hydrogens is 402 g/mol. The van der Waals surface area contributed by atoms with Crippen LogP contribution in [0.3, 0.4) is 0 Å². The molecule has 0 heterocycles. The van der Waals surface area contributed by atoms with E-state index in [1.807, 2.05) is 61.5 Å². The van der Waals surface area contributed by atoms with Crippen LogP contribution in [0, 0.1) is 11.3 Å². The second kappa shape index (κ2) is 9.94. The Hall–Kier alpha value is -2.58. The van der Waals surface area contributed by atoms with E-state index in [4.69, 9.17) is 0 Å². The van der Waals surface area contributed by atoms with Crippen LogP contribution in [0.5, 0.6) is 0 Å². The maximum Gasteiger partial charge on any atom is 0.262 e. The second-order valence-electron chi connectivity index (χ2n) is 6.16. The molecule has 2 rings (SSSR count). The highest BCUT2D eigenvalue weighted by Gasteiger charge is 2.14. The molecule has 0 saturated carbocycles. The minimum absolute atomic E-state index is 0.0836. The van der Waals surface area contributed by atoms with Gasteiger partial charge in [0.15, 0.2) is 0 Å². The van der Waals surface area contributed by atoms with Crippen LogP contribution in [-0.2, 0) is 4.79 Å². The standard InChI is InChI=1S/C22H24BrN3O/c1-4-26(5-2)21-12-11-17(14-20(21)23)13-19(15-24)22(27)25-16(3)18-9-7-6-8-10-18/h6-14,16H,4-5H2,1-3H3,(H,25,27)/b19-13-/t16-/m0/s1. The number of amides is 1. The van der Waals surface area contributed by atoms with Crippen molar-refractivity contribution >= 4 is 33.6 Å². The fourth-order valence-corrected chi connectivity index (χ4v) is 3.50. The monoisotopic (exact) mass is 425 g/mol. The van der Waals surface area contributed by atoms with E-state index in [1.54, 1.807) is 6.08 Å². The summed E-state index contributed by atoms with van der Waals surface area (Å²) in [5.41, 5.74) is 2.98. The van der Waals surface area contributed by atoms with Crippen molar-refractivity contribution in [1.29, 1.82) is 5.26 Å². The molecule has 0 saturated heterocycles. The van der Waals surface area contributed by atoms with E-state index in [1.165, 1.54) is 0 Å². The minimum atomic E-state index is -0.377. The molecule has 1 N–H and O–H groups in total. The van der Waals surface area contributed by atoms with Crippen LogP contribution in [0.2, 0.25) is 0 Å². The molecule has 0 aliphatic heterocycles. The van der Waals surface area contributed by atoms with Gasteiger partial charge in [-0.1, -0.05) is 36.4 Å². The van der Waals surface area contributed by atoms with Crippen LogP contribution in [0.25, 0.3) is 6.08 Å². The zero-order valence-corrected chi connectivity index (χ0v) is 17.5. The van der Waals surface area contributed by atoms with Gasteiger partial charge in [0.2, 0.25) is 0 Å². The summed E-state index contributed by atoms with van der Waals surface area (Å²) >= 11 is 3.59. The Morgan fingerprint density at radius 3 is 2.44 bits per heavy atom. The van der Waals surface area contributed by atoms with Gasteiger partial charge in [-0.3, -0.25) is 4.79 Å². The number of carbonyl (C=O) groups excluding carboxylic acids is 1. The predicted molar refractivity (Wildman–Crippen MR) is 114 cm³/mol. The fraction of sp³-hybridized carbons (Fsp3) is 0.273. The lowest BCUT2D eigenvalue weighted by Crippen LogP contribution is -2.27. The molecule has 2 aromatic carbocycles. The Labute approximate surface area is 169 Å². The van der Waals surface area contributed by atoms with Crippen molar-refractivity contribution in [1.82, 2.24) is 5.32 Å². The van der Waals surface area contributed by atoms with Gasteiger partial charge in [-0.15, -0.1) is 0 Å². The van der Waals surface area contributed by atoms with E-state index in [2.05, 4.69) is 40.0 Å². The average Bonchev–Trinajstić information content (AvgIpc) is 2.69. The highest BCUT2D eigenvalue weighted by atomic mass is 79.9. The number of rotatable bonds is 7. The third-order valence-electron chi connectivity index (χ3n) is 4.40. The minimum Gasteiger partial charge on any atom is -0.371 e. The first-order chi connectivity index (χ1) is 13.0. The molecule has 27 heavy (non-hydrogen) atoms. The first kappa shape index (κ1) is 20.7. The summed E-state index contributed by atoms with van der Waals surface area (Å²) in [7, 11) is 0. The van der Waals surface area contributed by atoms with Crippen molar-refractivity contribution in [3.05, 3.63) is 69.7 Å². The Morgan fingerprint density at radius 2 is 1.89 bits per heavy atom. The molecule has 0 spiro atoms. The van der Waals surface area contributed by atoms with Gasteiger partial charge >= 0.3 is 0 Å². The van der Waals surface area contributed by atoms with Gasteiger partial charge in [0.1, 0.15) is 11.6 Å². The zero-order chi connectivity index (χ0) is 19.8. The van der Waals surface area contributed by atoms with Gasteiger partial charge in [-0.05, 0) is 66.0 Å². The van der Waals surface area contributed by atoms with Gasteiger partial charge in [0, 0.05) is 17.6 Å². The highest BCUT2D eigenvalue weighted by molar-refractivity contribution is 9.10. The second-order valence-corrected chi connectivity index (χ2v) is 7.01. The third-order valence-corrected chi connectivity index (χ3v) is 5.03. The molecule has 0 aliphatic carbocycles. The molecular formula is C22H24BrN3O. The van der Waals surface area contributed by atoms with Crippen molar-refractivity contribution in [3.8, 4) is 6.07 Å². The molecule has 0 unspecified atom stereocenters. The predicted octanol–water partition coefficient (Wildman–Crippen LogP) is 5.08. The average molecular weight is 426 g/mol.